The molecule has 514 valence electrons. The molecule has 2 rings (SSSR count). The van der Waals surface area contributed by atoms with Gasteiger partial charge in [0.1, 0.15) is 66.2 Å². The second kappa shape index (κ2) is 39.8. The highest BCUT2D eigenvalue weighted by Crippen LogP contribution is 2.13. The van der Waals surface area contributed by atoms with E-state index >= 15 is 0 Å². The smallest absolute Gasteiger partial charge is 0.328 e. The van der Waals surface area contributed by atoms with Gasteiger partial charge in [0.15, 0.2) is 5.96 Å². The van der Waals surface area contributed by atoms with E-state index < -0.39 is 214 Å². The molecule has 0 aliphatic carbocycles. The first-order valence-electron chi connectivity index (χ1n) is 28.2. The fourth-order valence-corrected chi connectivity index (χ4v) is 8.12. The molecule has 0 unspecified atom stereocenters. The second-order valence-electron chi connectivity index (χ2n) is 20.7. The number of nitrogens with zero attached hydrogens (tertiary/aromatic N) is 1. The number of aliphatic imine (C=N–C) groups is 1. The van der Waals surface area contributed by atoms with E-state index in [0.29, 0.717) is 5.56 Å². The number of nitrogens with one attached hydrogen (secondary N) is 11. The highest BCUT2D eigenvalue weighted by molar-refractivity contribution is 6.00. The highest BCUT2D eigenvalue weighted by Gasteiger charge is 2.38. The van der Waals surface area contributed by atoms with Crippen molar-refractivity contribution in [3.8, 4) is 5.75 Å². The van der Waals surface area contributed by atoms with Crippen LogP contribution in [0.2, 0.25) is 0 Å². The third-order valence-corrected chi connectivity index (χ3v) is 13.1. The van der Waals surface area contributed by atoms with E-state index in [4.69, 9.17) is 28.0 Å². The molecule has 0 aliphatic heterocycles. The standard InChI is InChI=1S/C54H80N16O23/c1-24(75)41(69-43(82)29(55)15-26-7-4-3-5-8-26)51(90)67-35(21-72)49(88)65-36(22-73)50(89)70-42(25(2)76)52(91)66-34(20-71)48(87)63-31(16-27-10-12-28(77)13-11-27)45(84)64-32(17-38(56)78)46(85)62-30(9-6-14-59-54(57)58)44(83)60-19-39(79)61-33(18-40(80)81)47(86)68-37(23-74)53(92)93/h3-5,7-8,10-13,24-25,29-37,41-42,71-77H,6,9,14-23,55H2,1-2H3,(H2,56,78)(H,60,83)(H,61,79)(H,62,85)(H,63,87)(H,64,84)(H,65,88)(H,66,91)(H,67,90)(H,68,86)(H,69,82)(H,70,89)(H,80,81)(H,92,93)(H4,57,58,59)/t24-,25-,29+,30+,31+,32+,33+,34+,35+,36+,37+,41+,42+/m1/s1. The Morgan fingerprint density at radius 3 is 1.33 bits per heavy atom. The molecule has 2 aromatic rings. The molecule has 39 nitrogen and oxygen atoms in total. The molecule has 0 aromatic heterocycles. The van der Waals surface area contributed by atoms with Crippen molar-refractivity contribution in [2.24, 2.45) is 27.9 Å². The number of carboxylic acids is 2. The molecule has 0 spiro atoms. The van der Waals surface area contributed by atoms with Crippen molar-refractivity contribution in [3.05, 3.63) is 65.7 Å². The van der Waals surface area contributed by atoms with Crippen LogP contribution >= 0.6 is 0 Å². The van der Waals surface area contributed by atoms with Crippen LogP contribution in [0.15, 0.2) is 59.6 Å². The van der Waals surface area contributed by atoms with Crippen LogP contribution < -0.4 is 81.4 Å². The first-order chi connectivity index (χ1) is 43.7. The Morgan fingerprint density at radius 1 is 0.462 bits per heavy atom. The number of carboxylic acid groups (broad SMARTS) is 2. The molecular formula is C54H80N16O23. The lowest BCUT2D eigenvalue weighted by Crippen LogP contribution is -2.63. The molecule has 0 saturated carbocycles. The van der Waals surface area contributed by atoms with E-state index in [2.05, 4.69) is 42.2 Å². The van der Waals surface area contributed by atoms with E-state index in [1.807, 2.05) is 21.3 Å². The molecular weight excluding hydrogens is 1240 g/mol. The number of hydrogen-bond donors (Lipinski definition) is 24. The first-order valence-corrected chi connectivity index (χ1v) is 28.2. The summed E-state index contributed by atoms with van der Waals surface area (Å²) in [4.78, 5) is 187. The van der Waals surface area contributed by atoms with Gasteiger partial charge >= 0.3 is 11.9 Å². The lowest BCUT2D eigenvalue weighted by atomic mass is 10.0. The minimum absolute atomic E-state index is 0.0338. The summed E-state index contributed by atoms with van der Waals surface area (Å²) in [5.74, 6) is -19.1. The minimum Gasteiger partial charge on any atom is -0.508 e. The largest absolute Gasteiger partial charge is 0.508 e. The molecule has 0 fully saturated rings. The quantitative estimate of drug-likeness (QED) is 0.0167. The minimum atomic E-state index is -2.08. The second-order valence-corrected chi connectivity index (χ2v) is 20.7. The van der Waals surface area contributed by atoms with Crippen LogP contribution in [0.4, 0.5) is 0 Å². The first kappa shape index (κ1) is 78.9. The monoisotopic (exact) mass is 1320 g/mol. The molecule has 28 N–H and O–H groups in total. The number of aliphatic hydroxyl groups is 6. The zero-order valence-corrected chi connectivity index (χ0v) is 50.2. The van der Waals surface area contributed by atoms with Crippen LogP contribution in [0, 0.1) is 0 Å². The van der Waals surface area contributed by atoms with Crippen molar-refractivity contribution < 1.29 is 113 Å². The number of nitrogens with two attached hydrogens (primary N) is 4. The van der Waals surface area contributed by atoms with Crippen molar-refractivity contribution in [2.75, 3.05) is 39.5 Å². The van der Waals surface area contributed by atoms with Gasteiger partial charge in [0.2, 0.25) is 70.9 Å². The van der Waals surface area contributed by atoms with Crippen LogP contribution in [-0.4, -0.2) is 253 Å². The van der Waals surface area contributed by atoms with Crippen molar-refractivity contribution in [3.63, 3.8) is 0 Å². The Balaban J connectivity index is 2.34. The number of amides is 12. The molecule has 0 radical (unpaired) electrons. The average molecular weight is 1320 g/mol. The van der Waals surface area contributed by atoms with Crippen molar-refractivity contribution in [1.29, 1.82) is 0 Å². The van der Waals surface area contributed by atoms with Gasteiger partial charge in [-0.3, -0.25) is 67.3 Å². The molecule has 12 amide bonds. The molecule has 39 heteroatoms. The third-order valence-electron chi connectivity index (χ3n) is 13.1. The van der Waals surface area contributed by atoms with Crippen molar-refractivity contribution in [1.82, 2.24) is 58.5 Å². The summed E-state index contributed by atoms with van der Waals surface area (Å²) >= 11 is 0. The molecule has 2 aromatic carbocycles. The average Bonchev–Trinajstić information content (AvgIpc) is 0.925. The number of guanidine groups is 1. The summed E-state index contributed by atoms with van der Waals surface area (Å²) in [6, 6.07) is -6.94. The fourth-order valence-electron chi connectivity index (χ4n) is 8.12. The normalized spacial score (nSPS) is 15.1. The Labute approximate surface area is 529 Å². The molecule has 93 heavy (non-hydrogen) atoms. The summed E-state index contributed by atoms with van der Waals surface area (Å²) in [6.45, 7) is -3.86. The molecule has 0 heterocycles. The summed E-state index contributed by atoms with van der Waals surface area (Å²) in [6.07, 6.45) is -6.49. The van der Waals surface area contributed by atoms with Gasteiger partial charge in [-0.15, -0.1) is 0 Å². The van der Waals surface area contributed by atoms with Gasteiger partial charge in [0, 0.05) is 13.0 Å². The Kier molecular flexibility index (Phi) is 33.8. The number of primary amides is 1. The summed E-state index contributed by atoms with van der Waals surface area (Å²) in [5.41, 5.74) is 23.1. The van der Waals surface area contributed by atoms with Crippen LogP contribution in [0.3, 0.4) is 0 Å². The van der Waals surface area contributed by atoms with E-state index in [0.717, 1.165) is 13.8 Å². The zero-order chi connectivity index (χ0) is 70.2. The topological polar surface area (TPSA) is 670 Å². The molecule has 13 atom stereocenters. The number of benzene rings is 2. The van der Waals surface area contributed by atoms with Gasteiger partial charge in [0.25, 0.3) is 0 Å². The van der Waals surface area contributed by atoms with Crippen molar-refractivity contribution >= 4 is 88.8 Å². The zero-order valence-electron chi connectivity index (χ0n) is 50.2. The number of hydrogen-bond acceptors (Lipinski definition) is 23. The van der Waals surface area contributed by atoms with Gasteiger partial charge < -0.3 is 127 Å². The van der Waals surface area contributed by atoms with E-state index in [-0.39, 0.29) is 43.1 Å². The van der Waals surface area contributed by atoms with Gasteiger partial charge in [-0.2, -0.15) is 0 Å². The highest BCUT2D eigenvalue weighted by atomic mass is 16.4. The molecule has 0 saturated heterocycles. The summed E-state index contributed by atoms with van der Waals surface area (Å²) < 4.78 is 0. The van der Waals surface area contributed by atoms with Crippen LogP contribution in [0.1, 0.15) is 50.7 Å². The Morgan fingerprint density at radius 2 is 0.871 bits per heavy atom. The van der Waals surface area contributed by atoms with E-state index in [1.165, 1.54) is 24.3 Å². The lowest BCUT2D eigenvalue weighted by Gasteiger charge is -2.28. The number of carbonyl (C=O) groups is 14. The van der Waals surface area contributed by atoms with E-state index in [1.54, 1.807) is 30.3 Å². The number of carbonyl (C=O) groups excluding carboxylic acids is 12. The molecule has 0 aliphatic rings. The van der Waals surface area contributed by atoms with Gasteiger partial charge in [0.05, 0.1) is 64.1 Å². The van der Waals surface area contributed by atoms with Gasteiger partial charge in [-0.25, -0.2) is 4.79 Å². The van der Waals surface area contributed by atoms with Crippen LogP contribution in [0.5, 0.6) is 5.75 Å². The van der Waals surface area contributed by atoms with Crippen LogP contribution in [0.25, 0.3) is 0 Å². The SMILES string of the molecule is C[C@@H](O)[C@H](NC(=O)[C@H](CO)NC(=O)[C@H](CO)NC(=O)[C@@H](NC(=O)[C@@H](N)Cc1ccccc1)[C@@H](C)O)C(=O)N[C@@H](CO)C(=O)N[C@@H](Cc1ccc(O)cc1)C(=O)N[C@@H](CC(N)=O)C(=O)N[C@@H](CCCN=C(N)N)C(=O)NCC(=O)N[C@@H](CC(=O)O)C(=O)N[C@@H](CO)C(=O)O. The maximum atomic E-state index is 14.2. The fraction of sp³-hybridized carbons (Fsp3) is 0.500. The Bertz CT molecular complexity index is 2960. The maximum absolute atomic E-state index is 14.2. The summed E-state index contributed by atoms with van der Waals surface area (Å²) in [5, 5.41) is 112. The number of phenols is 1. The van der Waals surface area contributed by atoms with Crippen molar-refractivity contribution in [2.45, 2.75) is 131 Å². The molecule has 0 bridgehead atoms. The lowest BCUT2D eigenvalue weighted by molar-refractivity contribution is -0.144. The number of phenolic OH excluding ortho intramolecular Hbond substituents is 1. The van der Waals surface area contributed by atoms with Gasteiger partial charge in [-0.05, 0) is 56.4 Å². The summed E-state index contributed by atoms with van der Waals surface area (Å²) in [7, 11) is 0. The predicted octanol–water partition coefficient (Wildman–Crippen LogP) is -12.3. The number of aliphatic carboxylic acids is 2. The number of rotatable bonds is 41. The van der Waals surface area contributed by atoms with E-state index in [9.17, 15) is 108 Å². The Hall–Kier alpha value is -10.2. The van der Waals surface area contributed by atoms with Crippen LogP contribution in [-0.2, 0) is 80.0 Å². The number of aromatic hydroxyl groups is 1. The third kappa shape index (κ3) is 28.3. The predicted molar refractivity (Wildman–Crippen MR) is 318 cm³/mol. The van der Waals surface area contributed by atoms with Gasteiger partial charge in [-0.1, -0.05) is 42.5 Å². The number of aliphatic hydroxyl groups excluding tert-OH is 6. The maximum Gasteiger partial charge on any atom is 0.328 e.